The van der Waals surface area contributed by atoms with E-state index in [0.29, 0.717) is 0 Å². The first-order valence-corrected chi connectivity index (χ1v) is 6.81. The van der Waals surface area contributed by atoms with Crippen molar-refractivity contribution in [3.05, 3.63) is 56.9 Å². The summed E-state index contributed by atoms with van der Waals surface area (Å²) in [5.41, 5.74) is 5.16. The van der Waals surface area contributed by atoms with Gasteiger partial charge in [0.2, 0.25) is 0 Å². The molecule has 0 aliphatic rings. The molecule has 96 valence electrons. The maximum absolute atomic E-state index is 5.60. The summed E-state index contributed by atoms with van der Waals surface area (Å²) >= 11 is 3.53. The van der Waals surface area contributed by atoms with Gasteiger partial charge in [-0.1, -0.05) is 17.7 Å². The molecule has 2 nitrogen and oxygen atoms in total. The lowest BCUT2D eigenvalue weighted by Crippen LogP contribution is -2.19. The van der Waals surface area contributed by atoms with Crippen molar-refractivity contribution in [3.8, 4) is 0 Å². The van der Waals surface area contributed by atoms with Crippen molar-refractivity contribution in [1.29, 1.82) is 0 Å². The maximum atomic E-state index is 5.60. The average molecular weight is 308 g/mol. The van der Waals surface area contributed by atoms with E-state index < -0.39 is 0 Å². The highest BCUT2D eigenvalue weighted by molar-refractivity contribution is 9.10. The van der Waals surface area contributed by atoms with Crippen LogP contribution in [0.5, 0.6) is 0 Å². The standard InChI is InChI=1S/C15H18BrNO/c1-9-7-10(2)13(11(3)8-9)14(17-4)15-12(16)5-6-18-15/h5-8,14,17H,1-4H3. The van der Waals surface area contributed by atoms with E-state index in [9.17, 15) is 0 Å². The SMILES string of the molecule is CNC(c1occc1Br)c1c(C)cc(C)cc1C. The van der Waals surface area contributed by atoms with Crippen molar-refractivity contribution in [1.82, 2.24) is 5.32 Å². The van der Waals surface area contributed by atoms with Gasteiger partial charge in [-0.15, -0.1) is 0 Å². The number of furan rings is 1. The summed E-state index contributed by atoms with van der Waals surface area (Å²) in [6.45, 7) is 6.42. The Hall–Kier alpha value is -1.06. The van der Waals surface area contributed by atoms with Crippen molar-refractivity contribution in [2.24, 2.45) is 0 Å². The third kappa shape index (κ3) is 2.38. The zero-order valence-electron chi connectivity index (χ0n) is 11.2. The summed E-state index contributed by atoms with van der Waals surface area (Å²) in [6.07, 6.45) is 1.71. The summed E-state index contributed by atoms with van der Waals surface area (Å²) in [7, 11) is 1.96. The van der Waals surface area contributed by atoms with Gasteiger partial charge in [-0.2, -0.15) is 0 Å². The predicted molar refractivity (Wildman–Crippen MR) is 78.0 cm³/mol. The third-order valence-electron chi connectivity index (χ3n) is 3.22. The Morgan fingerprint density at radius 3 is 2.22 bits per heavy atom. The Bertz CT molecular complexity index is 536. The summed E-state index contributed by atoms with van der Waals surface area (Å²) in [5, 5.41) is 3.34. The van der Waals surface area contributed by atoms with Crippen LogP contribution in [0.3, 0.4) is 0 Å². The van der Waals surface area contributed by atoms with Crippen LogP contribution < -0.4 is 5.32 Å². The van der Waals surface area contributed by atoms with Gasteiger partial charge in [0.1, 0.15) is 5.76 Å². The largest absolute Gasteiger partial charge is 0.466 e. The molecule has 0 saturated carbocycles. The third-order valence-corrected chi connectivity index (χ3v) is 3.88. The Morgan fingerprint density at radius 1 is 1.17 bits per heavy atom. The highest BCUT2D eigenvalue weighted by Gasteiger charge is 2.21. The van der Waals surface area contributed by atoms with Crippen LogP contribution in [0.1, 0.15) is 34.1 Å². The van der Waals surface area contributed by atoms with Crippen LogP contribution in [-0.2, 0) is 0 Å². The first-order chi connectivity index (χ1) is 8.54. The first kappa shape index (κ1) is 13.4. The average Bonchev–Trinajstić information content (AvgIpc) is 2.69. The lowest BCUT2D eigenvalue weighted by atomic mass is 9.93. The molecule has 1 aromatic heterocycles. The van der Waals surface area contributed by atoms with Gasteiger partial charge in [-0.3, -0.25) is 0 Å². The summed E-state index contributed by atoms with van der Waals surface area (Å²) in [4.78, 5) is 0. The zero-order chi connectivity index (χ0) is 13.3. The Morgan fingerprint density at radius 2 is 1.78 bits per heavy atom. The van der Waals surface area contributed by atoms with Gasteiger partial charge in [0.15, 0.2) is 0 Å². The molecule has 1 N–H and O–H groups in total. The van der Waals surface area contributed by atoms with E-state index in [-0.39, 0.29) is 6.04 Å². The molecule has 3 heteroatoms. The molecule has 0 spiro atoms. The highest BCUT2D eigenvalue weighted by atomic mass is 79.9. The number of aryl methyl sites for hydroxylation is 3. The van der Waals surface area contributed by atoms with Crippen LogP contribution >= 0.6 is 15.9 Å². The molecule has 18 heavy (non-hydrogen) atoms. The summed E-state index contributed by atoms with van der Waals surface area (Å²) in [6, 6.07) is 6.43. The fourth-order valence-electron chi connectivity index (χ4n) is 2.56. The van der Waals surface area contributed by atoms with E-state index in [1.807, 2.05) is 13.1 Å². The normalized spacial score (nSPS) is 12.7. The molecular weight excluding hydrogens is 290 g/mol. The van der Waals surface area contributed by atoms with Gasteiger partial charge in [0, 0.05) is 0 Å². The van der Waals surface area contributed by atoms with E-state index in [1.54, 1.807) is 6.26 Å². The second-order valence-corrected chi connectivity index (χ2v) is 5.52. The molecule has 2 rings (SSSR count). The Kier molecular flexibility index (Phi) is 3.93. The van der Waals surface area contributed by atoms with Crippen molar-refractivity contribution in [2.45, 2.75) is 26.8 Å². The number of rotatable bonds is 3. The first-order valence-electron chi connectivity index (χ1n) is 6.02. The molecule has 1 atom stereocenters. The summed E-state index contributed by atoms with van der Waals surface area (Å²) < 4.78 is 6.60. The lowest BCUT2D eigenvalue weighted by Gasteiger charge is -2.20. The van der Waals surface area contributed by atoms with Crippen LogP contribution in [0.15, 0.2) is 33.4 Å². The molecule has 0 radical (unpaired) electrons. The van der Waals surface area contributed by atoms with E-state index in [0.717, 1.165) is 10.2 Å². The molecule has 0 aliphatic carbocycles. The Balaban J connectivity index is 2.56. The van der Waals surface area contributed by atoms with Crippen LogP contribution in [0, 0.1) is 20.8 Å². The molecular formula is C15H18BrNO. The summed E-state index contributed by atoms with van der Waals surface area (Å²) in [5.74, 6) is 0.924. The molecule has 1 aromatic carbocycles. The van der Waals surface area contributed by atoms with Gasteiger partial charge >= 0.3 is 0 Å². The zero-order valence-corrected chi connectivity index (χ0v) is 12.8. The van der Waals surface area contributed by atoms with E-state index in [2.05, 4.69) is 54.2 Å². The topological polar surface area (TPSA) is 25.2 Å². The van der Waals surface area contributed by atoms with Crippen molar-refractivity contribution < 1.29 is 4.42 Å². The Labute approximate surface area is 117 Å². The van der Waals surface area contributed by atoms with Crippen molar-refractivity contribution >= 4 is 15.9 Å². The smallest absolute Gasteiger partial charge is 0.139 e. The quantitative estimate of drug-likeness (QED) is 0.915. The maximum Gasteiger partial charge on any atom is 0.139 e. The minimum Gasteiger partial charge on any atom is -0.466 e. The van der Waals surface area contributed by atoms with Crippen LogP contribution in [0.4, 0.5) is 0 Å². The van der Waals surface area contributed by atoms with Gasteiger partial charge in [-0.25, -0.2) is 0 Å². The van der Waals surface area contributed by atoms with E-state index in [4.69, 9.17) is 4.42 Å². The second-order valence-electron chi connectivity index (χ2n) is 4.67. The monoisotopic (exact) mass is 307 g/mol. The highest BCUT2D eigenvalue weighted by Crippen LogP contribution is 2.33. The fourth-order valence-corrected chi connectivity index (χ4v) is 2.99. The molecule has 0 aliphatic heterocycles. The molecule has 0 bridgehead atoms. The minimum atomic E-state index is 0.0787. The van der Waals surface area contributed by atoms with Gasteiger partial charge in [-0.05, 0) is 66.5 Å². The minimum absolute atomic E-state index is 0.0787. The number of hydrogen-bond donors (Lipinski definition) is 1. The molecule has 0 amide bonds. The molecule has 0 saturated heterocycles. The number of benzene rings is 1. The molecule has 2 aromatic rings. The van der Waals surface area contributed by atoms with Gasteiger partial charge < -0.3 is 9.73 Å². The second kappa shape index (κ2) is 5.29. The van der Waals surface area contributed by atoms with Gasteiger partial charge in [0.25, 0.3) is 0 Å². The van der Waals surface area contributed by atoms with Crippen LogP contribution in [0.2, 0.25) is 0 Å². The van der Waals surface area contributed by atoms with Crippen molar-refractivity contribution in [3.63, 3.8) is 0 Å². The van der Waals surface area contributed by atoms with Crippen LogP contribution in [-0.4, -0.2) is 7.05 Å². The fraction of sp³-hybridized carbons (Fsp3) is 0.333. The number of nitrogens with one attached hydrogen (secondary N) is 1. The van der Waals surface area contributed by atoms with Gasteiger partial charge in [0.05, 0.1) is 16.8 Å². The van der Waals surface area contributed by atoms with Crippen LogP contribution in [0.25, 0.3) is 0 Å². The number of hydrogen-bond acceptors (Lipinski definition) is 2. The molecule has 1 heterocycles. The van der Waals surface area contributed by atoms with E-state index in [1.165, 1.54) is 22.3 Å². The van der Waals surface area contributed by atoms with E-state index >= 15 is 0 Å². The predicted octanol–water partition coefficient (Wildman–Crippen LogP) is 4.28. The molecule has 1 unspecified atom stereocenters. The molecule has 0 fully saturated rings. The lowest BCUT2D eigenvalue weighted by molar-refractivity contribution is 0.459. The van der Waals surface area contributed by atoms with Crippen molar-refractivity contribution in [2.75, 3.05) is 7.05 Å². The number of halogens is 1.